The van der Waals surface area contributed by atoms with Crippen LogP contribution in [-0.2, 0) is 13.1 Å². The molecule has 1 aromatic carbocycles. The highest BCUT2D eigenvalue weighted by molar-refractivity contribution is 9.10. The van der Waals surface area contributed by atoms with Crippen molar-refractivity contribution in [3.63, 3.8) is 0 Å². The molecule has 0 bridgehead atoms. The summed E-state index contributed by atoms with van der Waals surface area (Å²) in [6, 6.07) is 3.83. The minimum absolute atomic E-state index is 0.511. The van der Waals surface area contributed by atoms with Crippen LogP contribution in [0.3, 0.4) is 0 Å². The molecule has 0 spiro atoms. The highest BCUT2D eigenvalue weighted by atomic mass is 79.9. The fourth-order valence-electron chi connectivity index (χ4n) is 2.42. The number of methoxy groups -OCH3 is 2. The molecule has 0 radical (unpaired) electrons. The lowest BCUT2D eigenvalue weighted by molar-refractivity contribution is 0.354. The van der Waals surface area contributed by atoms with Crippen LogP contribution in [0.5, 0.6) is 11.5 Å². The zero-order valence-electron chi connectivity index (χ0n) is 15.8. The van der Waals surface area contributed by atoms with Crippen LogP contribution < -0.4 is 20.1 Å². The maximum atomic E-state index is 5.38. The van der Waals surface area contributed by atoms with Crippen molar-refractivity contribution in [2.45, 2.75) is 33.9 Å². The second-order valence-electron chi connectivity index (χ2n) is 5.59. The number of nitrogens with one attached hydrogen (secondary N) is 2. The van der Waals surface area contributed by atoms with Gasteiger partial charge >= 0.3 is 0 Å². The second kappa shape index (κ2) is 9.78. The van der Waals surface area contributed by atoms with Gasteiger partial charge in [-0.1, -0.05) is 15.9 Å². The summed E-state index contributed by atoms with van der Waals surface area (Å²) in [5.41, 5.74) is 2.09. The van der Waals surface area contributed by atoms with Gasteiger partial charge in [-0.3, -0.25) is 0 Å². The van der Waals surface area contributed by atoms with E-state index in [9.17, 15) is 0 Å². The first-order valence-electron chi connectivity index (χ1n) is 8.34. The Kier molecular flexibility index (Phi) is 7.71. The second-order valence-corrected chi connectivity index (χ2v) is 7.73. The zero-order chi connectivity index (χ0) is 19.1. The van der Waals surface area contributed by atoms with Gasteiger partial charge in [0, 0.05) is 15.9 Å². The van der Waals surface area contributed by atoms with Crippen LogP contribution in [0.2, 0.25) is 0 Å². The minimum atomic E-state index is 0.511. The number of rotatable bonds is 7. The van der Waals surface area contributed by atoms with Crippen molar-refractivity contribution in [1.82, 2.24) is 15.6 Å². The highest BCUT2D eigenvalue weighted by Gasteiger charge is 2.10. The van der Waals surface area contributed by atoms with Crippen molar-refractivity contribution < 1.29 is 9.47 Å². The van der Waals surface area contributed by atoms with E-state index in [1.54, 1.807) is 25.6 Å². The van der Waals surface area contributed by atoms with E-state index < -0.39 is 0 Å². The summed E-state index contributed by atoms with van der Waals surface area (Å²) < 4.78 is 11.6. The summed E-state index contributed by atoms with van der Waals surface area (Å²) >= 11 is 5.28. The van der Waals surface area contributed by atoms with Gasteiger partial charge in [0.05, 0.1) is 38.0 Å². The van der Waals surface area contributed by atoms with E-state index in [4.69, 9.17) is 9.47 Å². The van der Waals surface area contributed by atoms with E-state index in [2.05, 4.69) is 36.5 Å². The van der Waals surface area contributed by atoms with Gasteiger partial charge in [-0.2, -0.15) is 0 Å². The van der Waals surface area contributed by atoms with Gasteiger partial charge in [-0.15, -0.1) is 11.3 Å². The SMILES string of the molecule is CCNC(=NCc1cc(OC)c(OC)cc1Br)NCc1sc(C)nc1C. The average molecular weight is 441 g/mol. The quantitative estimate of drug-likeness (QED) is 0.506. The molecule has 0 saturated heterocycles. The smallest absolute Gasteiger partial charge is 0.191 e. The molecule has 0 amide bonds. The number of guanidine groups is 1. The van der Waals surface area contributed by atoms with Crippen LogP contribution in [-0.4, -0.2) is 31.7 Å². The Hall–Kier alpha value is -1.80. The maximum Gasteiger partial charge on any atom is 0.191 e. The van der Waals surface area contributed by atoms with Gasteiger partial charge in [0.1, 0.15) is 0 Å². The molecule has 2 aromatic rings. The third kappa shape index (κ3) is 5.35. The molecule has 0 fully saturated rings. The molecule has 6 nitrogen and oxygen atoms in total. The van der Waals surface area contributed by atoms with E-state index in [1.807, 2.05) is 32.9 Å². The first-order valence-corrected chi connectivity index (χ1v) is 9.94. The topological polar surface area (TPSA) is 67.8 Å². The van der Waals surface area contributed by atoms with E-state index >= 15 is 0 Å². The van der Waals surface area contributed by atoms with Crippen LogP contribution in [0.15, 0.2) is 21.6 Å². The maximum absolute atomic E-state index is 5.38. The Balaban J connectivity index is 2.12. The first kappa shape index (κ1) is 20.5. The molecular formula is C18H25BrN4O2S. The molecule has 2 rings (SSSR count). The molecule has 1 heterocycles. The molecule has 0 aliphatic carbocycles. The summed E-state index contributed by atoms with van der Waals surface area (Å²) in [5, 5.41) is 7.72. The Morgan fingerprint density at radius 3 is 2.46 bits per heavy atom. The molecule has 142 valence electrons. The lowest BCUT2D eigenvalue weighted by Gasteiger charge is -2.13. The van der Waals surface area contributed by atoms with E-state index in [0.717, 1.165) is 33.2 Å². The fraction of sp³-hybridized carbons (Fsp3) is 0.444. The molecule has 26 heavy (non-hydrogen) atoms. The summed E-state index contributed by atoms with van der Waals surface area (Å²) in [5.74, 6) is 2.14. The summed E-state index contributed by atoms with van der Waals surface area (Å²) in [4.78, 5) is 10.4. The van der Waals surface area contributed by atoms with Crippen LogP contribution in [0.1, 0.15) is 28.1 Å². The Morgan fingerprint density at radius 1 is 1.19 bits per heavy atom. The Morgan fingerprint density at radius 2 is 1.88 bits per heavy atom. The van der Waals surface area contributed by atoms with Crippen molar-refractivity contribution >= 4 is 33.2 Å². The number of thiazole rings is 1. The fourth-order valence-corrected chi connectivity index (χ4v) is 3.75. The standard InChI is InChI=1S/C18H25BrN4O2S/c1-6-20-18(22-10-17-11(2)23-12(3)26-17)21-9-13-7-15(24-4)16(25-5)8-14(13)19/h7-8H,6,9-10H2,1-5H3,(H2,20,21,22). The Bertz CT molecular complexity index is 777. The Labute approximate surface area is 167 Å². The molecule has 0 atom stereocenters. The molecule has 0 aliphatic rings. The zero-order valence-corrected chi connectivity index (χ0v) is 18.2. The first-order chi connectivity index (χ1) is 12.5. The van der Waals surface area contributed by atoms with Gasteiger partial charge in [0.25, 0.3) is 0 Å². The summed E-state index contributed by atoms with van der Waals surface area (Å²) in [6.07, 6.45) is 0. The molecule has 2 N–H and O–H groups in total. The predicted octanol–water partition coefficient (Wildman–Crippen LogP) is 3.79. The number of nitrogens with zero attached hydrogens (tertiary/aromatic N) is 2. The number of hydrogen-bond donors (Lipinski definition) is 2. The third-order valence-electron chi connectivity index (χ3n) is 3.72. The number of benzene rings is 1. The number of hydrogen-bond acceptors (Lipinski definition) is 5. The lowest BCUT2D eigenvalue weighted by atomic mass is 10.2. The van der Waals surface area contributed by atoms with E-state index in [-0.39, 0.29) is 0 Å². The van der Waals surface area contributed by atoms with Crippen molar-refractivity contribution in [2.24, 2.45) is 4.99 Å². The van der Waals surface area contributed by atoms with Crippen molar-refractivity contribution in [3.8, 4) is 11.5 Å². The average Bonchev–Trinajstić information content (AvgIpc) is 2.95. The monoisotopic (exact) mass is 440 g/mol. The highest BCUT2D eigenvalue weighted by Crippen LogP contribution is 2.33. The number of aliphatic imine (C=N–C) groups is 1. The summed E-state index contributed by atoms with van der Waals surface area (Å²) in [7, 11) is 3.25. The number of aromatic nitrogens is 1. The molecular weight excluding hydrogens is 416 g/mol. The van der Waals surface area contributed by atoms with Crippen molar-refractivity contribution in [1.29, 1.82) is 0 Å². The molecule has 0 aliphatic heterocycles. The van der Waals surface area contributed by atoms with Gasteiger partial charge < -0.3 is 20.1 Å². The number of aryl methyl sites for hydroxylation is 2. The van der Waals surface area contributed by atoms with E-state index in [0.29, 0.717) is 24.6 Å². The molecule has 0 unspecified atom stereocenters. The molecule has 0 saturated carbocycles. The largest absolute Gasteiger partial charge is 0.493 e. The normalized spacial score (nSPS) is 11.4. The van der Waals surface area contributed by atoms with Gasteiger partial charge in [0.15, 0.2) is 17.5 Å². The number of ether oxygens (including phenoxy) is 2. The van der Waals surface area contributed by atoms with Crippen LogP contribution in [0.25, 0.3) is 0 Å². The molecule has 8 heteroatoms. The van der Waals surface area contributed by atoms with Crippen LogP contribution in [0, 0.1) is 13.8 Å². The lowest BCUT2D eigenvalue weighted by Crippen LogP contribution is -2.36. The predicted molar refractivity (Wildman–Crippen MR) is 110 cm³/mol. The molecule has 1 aromatic heterocycles. The van der Waals surface area contributed by atoms with Crippen molar-refractivity contribution in [3.05, 3.63) is 37.7 Å². The summed E-state index contributed by atoms with van der Waals surface area (Å²) in [6.45, 7) is 8.11. The number of halogens is 1. The van der Waals surface area contributed by atoms with Crippen LogP contribution >= 0.6 is 27.3 Å². The minimum Gasteiger partial charge on any atom is -0.493 e. The van der Waals surface area contributed by atoms with Crippen LogP contribution in [0.4, 0.5) is 0 Å². The van der Waals surface area contributed by atoms with Gasteiger partial charge in [-0.25, -0.2) is 9.98 Å². The van der Waals surface area contributed by atoms with Gasteiger partial charge in [-0.05, 0) is 38.5 Å². The van der Waals surface area contributed by atoms with Crippen molar-refractivity contribution in [2.75, 3.05) is 20.8 Å². The third-order valence-corrected chi connectivity index (χ3v) is 5.53. The van der Waals surface area contributed by atoms with Gasteiger partial charge in [0.2, 0.25) is 0 Å². The van der Waals surface area contributed by atoms with E-state index in [1.165, 1.54) is 4.88 Å².